The fourth-order valence-corrected chi connectivity index (χ4v) is 5.66. The van der Waals surface area contributed by atoms with Crippen molar-refractivity contribution in [2.45, 2.75) is 57.5 Å². The van der Waals surface area contributed by atoms with E-state index in [4.69, 9.17) is 14.5 Å². The number of benzene rings is 2. The number of nitrogens with one attached hydrogen (secondary N) is 1. The van der Waals surface area contributed by atoms with E-state index in [9.17, 15) is 19.1 Å². The summed E-state index contributed by atoms with van der Waals surface area (Å²) in [6.45, 7) is 1.99. The summed E-state index contributed by atoms with van der Waals surface area (Å²) in [6.07, 6.45) is 3.55. The highest BCUT2D eigenvalue weighted by Gasteiger charge is 2.34. The van der Waals surface area contributed by atoms with Gasteiger partial charge in [-0.1, -0.05) is 0 Å². The third kappa shape index (κ3) is 4.45. The van der Waals surface area contributed by atoms with Gasteiger partial charge in [0.2, 0.25) is 5.95 Å². The van der Waals surface area contributed by atoms with Crippen LogP contribution in [0.4, 0.5) is 26.5 Å². The molecule has 1 aromatic heterocycles. The maximum absolute atomic E-state index is 14.9. The minimum atomic E-state index is -0.765. The highest BCUT2D eigenvalue weighted by Crippen LogP contribution is 2.42. The van der Waals surface area contributed by atoms with Gasteiger partial charge in [-0.15, -0.1) is 0 Å². The molecule has 3 aromatic rings. The lowest BCUT2D eigenvalue weighted by Gasteiger charge is -2.34. The molecule has 1 aliphatic carbocycles. The molecule has 5 rings (SSSR count). The van der Waals surface area contributed by atoms with E-state index < -0.39 is 17.9 Å². The molecule has 1 aliphatic heterocycles. The Morgan fingerprint density at radius 3 is 2.51 bits per heavy atom. The molecule has 1 atom stereocenters. The van der Waals surface area contributed by atoms with Gasteiger partial charge >= 0.3 is 12.1 Å². The van der Waals surface area contributed by atoms with Crippen molar-refractivity contribution in [3.63, 3.8) is 0 Å². The third-order valence-electron chi connectivity index (χ3n) is 7.66. The van der Waals surface area contributed by atoms with Crippen molar-refractivity contribution in [1.29, 1.82) is 0 Å². The largest absolute Gasteiger partial charge is 0.497 e. The summed E-state index contributed by atoms with van der Waals surface area (Å²) in [5, 5.41) is 12.6. The first kappa shape index (κ1) is 24.9. The van der Waals surface area contributed by atoms with Gasteiger partial charge in [-0.25, -0.2) is 14.2 Å². The summed E-state index contributed by atoms with van der Waals surface area (Å²) in [5.74, 6) is -0.701. The molecule has 2 N–H and O–H groups in total. The summed E-state index contributed by atoms with van der Waals surface area (Å²) in [5.41, 5.74) is 3.58. The van der Waals surface area contributed by atoms with Gasteiger partial charge in [0.1, 0.15) is 11.6 Å². The fraction of sp³-hybridized carbons (Fsp3) is 0.444. The Morgan fingerprint density at radius 2 is 1.86 bits per heavy atom. The summed E-state index contributed by atoms with van der Waals surface area (Å²) < 4.78 is 27.1. The first-order valence-corrected chi connectivity index (χ1v) is 12.6. The Morgan fingerprint density at radius 1 is 1.11 bits per heavy atom. The smallest absolute Gasteiger partial charge is 0.414 e. The maximum Gasteiger partial charge on any atom is 0.414 e. The van der Waals surface area contributed by atoms with Gasteiger partial charge in [0, 0.05) is 23.7 Å². The minimum absolute atomic E-state index is 0.00156. The summed E-state index contributed by atoms with van der Waals surface area (Å²) in [7, 11) is 2.85. The van der Waals surface area contributed by atoms with Crippen LogP contribution in [0.5, 0.6) is 5.75 Å². The van der Waals surface area contributed by atoms with Crippen LogP contribution in [0.15, 0.2) is 30.3 Å². The zero-order valence-corrected chi connectivity index (χ0v) is 21.2. The predicted octanol–water partition coefficient (Wildman–Crippen LogP) is 5.65. The standard InChI is InChI=1S/C27H31FN4O5/c1-15-4-10-19-22(31(15)27(35)37-3)12-13-23-24(19)30-26(29-21-11-9-18(36-2)14-20(21)28)32(23)17-7-5-16(6-8-17)25(33)34/h9,11-17H,4-8,10H2,1-3H3,(H,29,30)(H,33,34)/t15-,16-,17-/m0/s1. The Labute approximate surface area is 214 Å². The molecule has 0 bridgehead atoms. The number of carbonyl (C=O) groups excluding carboxylic acids is 1. The van der Waals surface area contributed by atoms with Crippen molar-refractivity contribution < 1.29 is 28.6 Å². The summed E-state index contributed by atoms with van der Waals surface area (Å²) in [6, 6.07) is 8.43. The maximum atomic E-state index is 14.9. The summed E-state index contributed by atoms with van der Waals surface area (Å²) >= 11 is 0. The number of imidazole rings is 1. The summed E-state index contributed by atoms with van der Waals surface area (Å²) in [4.78, 5) is 30.7. The van der Waals surface area contributed by atoms with Crippen LogP contribution >= 0.6 is 0 Å². The van der Waals surface area contributed by atoms with Gasteiger partial charge < -0.3 is 24.5 Å². The van der Waals surface area contributed by atoms with Crippen molar-refractivity contribution in [3.05, 3.63) is 41.7 Å². The average Bonchev–Trinajstić information content (AvgIpc) is 3.27. The number of fused-ring (bicyclic) bond motifs is 3. The number of carbonyl (C=O) groups is 2. The van der Waals surface area contributed by atoms with Crippen LogP contribution < -0.4 is 15.0 Å². The zero-order valence-electron chi connectivity index (χ0n) is 21.2. The number of halogens is 1. The van der Waals surface area contributed by atoms with Gasteiger partial charge in [0.25, 0.3) is 0 Å². The number of aliphatic carboxylic acids is 1. The zero-order chi connectivity index (χ0) is 26.3. The Balaban J connectivity index is 1.62. The second-order valence-corrected chi connectivity index (χ2v) is 9.78. The van der Waals surface area contributed by atoms with Crippen LogP contribution in [0.1, 0.15) is 50.6 Å². The molecule has 1 fully saturated rings. The number of methoxy groups -OCH3 is 2. The minimum Gasteiger partial charge on any atom is -0.497 e. The van der Waals surface area contributed by atoms with Gasteiger partial charge in [-0.05, 0) is 69.7 Å². The normalized spacial score (nSPS) is 21.4. The third-order valence-corrected chi connectivity index (χ3v) is 7.66. The van der Waals surface area contributed by atoms with Crippen LogP contribution in [-0.4, -0.2) is 47.0 Å². The molecule has 2 heterocycles. The number of hydrogen-bond acceptors (Lipinski definition) is 6. The van der Waals surface area contributed by atoms with E-state index in [0.29, 0.717) is 37.4 Å². The molecule has 2 aliphatic rings. The van der Waals surface area contributed by atoms with E-state index in [2.05, 4.69) is 9.88 Å². The second-order valence-electron chi connectivity index (χ2n) is 9.78. The predicted molar refractivity (Wildman–Crippen MR) is 137 cm³/mol. The van der Waals surface area contributed by atoms with Crippen molar-refractivity contribution in [3.8, 4) is 5.75 Å². The van der Waals surface area contributed by atoms with Crippen LogP contribution in [-0.2, 0) is 16.0 Å². The second kappa shape index (κ2) is 9.91. The fourth-order valence-electron chi connectivity index (χ4n) is 5.66. The van der Waals surface area contributed by atoms with Crippen LogP contribution in [0, 0.1) is 11.7 Å². The van der Waals surface area contributed by atoms with Crippen LogP contribution in [0.3, 0.4) is 0 Å². The van der Waals surface area contributed by atoms with Crippen LogP contribution in [0.2, 0.25) is 0 Å². The van der Waals surface area contributed by atoms with E-state index >= 15 is 0 Å². The van der Waals surface area contributed by atoms with E-state index in [-0.39, 0.29) is 23.7 Å². The molecule has 196 valence electrons. The highest BCUT2D eigenvalue weighted by atomic mass is 19.1. The molecule has 2 aromatic carbocycles. The quantitative estimate of drug-likeness (QED) is 0.457. The number of rotatable bonds is 5. The van der Waals surface area contributed by atoms with Gasteiger partial charge in [0.15, 0.2) is 0 Å². The van der Waals surface area contributed by atoms with Crippen LogP contribution in [0.25, 0.3) is 11.0 Å². The Hall–Kier alpha value is -3.82. The molecular weight excluding hydrogens is 479 g/mol. The number of aromatic nitrogens is 2. The first-order valence-electron chi connectivity index (χ1n) is 12.6. The topological polar surface area (TPSA) is 106 Å². The van der Waals surface area contributed by atoms with E-state index in [1.807, 2.05) is 19.1 Å². The lowest BCUT2D eigenvalue weighted by atomic mass is 9.86. The number of carboxylic acids is 1. The van der Waals surface area contributed by atoms with Crippen molar-refractivity contribution in [2.24, 2.45) is 5.92 Å². The van der Waals surface area contributed by atoms with Crippen molar-refractivity contribution in [1.82, 2.24) is 9.55 Å². The molecule has 37 heavy (non-hydrogen) atoms. The van der Waals surface area contributed by atoms with Gasteiger partial charge in [-0.3, -0.25) is 9.69 Å². The highest BCUT2D eigenvalue weighted by molar-refractivity contribution is 5.96. The number of amides is 1. The van der Waals surface area contributed by atoms with Crippen molar-refractivity contribution in [2.75, 3.05) is 24.4 Å². The van der Waals surface area contributed by atoms with E-state index in [1.54, 1.807) is 17.0 Å². The van der Waals surface area contributed by atoms with E-state index in [0.717, 1.165) is 35.1 Å². The number of anilines is 3. The number of hydrogen-bond donors (Lipinski definition) is 2. The molecule has 9 nitrogen and oxygen atoms in total. The number of aryl methyl sites for hydroxylation is 1. The molecule has 0 unspecified atom stereocenters. The molecule has 0 saturated heterocycles. The number of nitrogens with zero attached hydrogens (tertiary/aromatic N) is 3. The molecule has 1 amide bonds. The molecule has 0 radical (unpaired) electrons. The number of ether oxygens (including phenoxy) is 2. The molecule has 10 heteroatoms. The van der Waals surface area contributed by atoms with E-state index in [1.165, 1.54) is 20.3 Å². The monoisotopic (exact) mass is 510 g/mol. The SMILES string of the molecule is COC(=O)N1c2ccc3c(nc(Nc4ccc(OC)cc4F)n3[C@H]3CC[C@H](C(=O)O)CC3)c2CC[C@@H]1C. The van der Waals surface area contributed by atoms with Gasteiger partial charge in [-0.2, -0.15) is 0 Å². The number of carboxylic acid groups (broad SMARTS) is 1. The molecular formula is C27H31FN4O5. The Bertz CT molecular complexity index is 1350. The lowest BCUT2D eigenvalue weighted by molar-refractivity contribution is -0.143. The molecule has 0 spiro atoms. The first-order chi connectivity index (χ1) is 17.8. The van der Waals surface area contributed by atoms with Gasteiger partial charge in [0.05, 0.1) is 42.5 Å². The Kier molecular flexibility index (Phi) is 6.66. The van der Waals surface area contributed by atoms with Crippen molar-refractivity contribution >= 4 is 40.4 Å². The average molecular weight is 511 g/mol. The molecule has 1 saturated carbocycles. The lowest BCUT2D eigenvalue weighted by Crippen LogP contribution is -2.42.